The maximum Gasteiger partial charge on any atom is 0.159 e. The van der Waals surface area contributed by atoms with Gasteiger partial charge in [-0.15, -0.1) is 0 Å². The monoisotopic (exact) mass is 261 g/mol. The van der Waals surface area contributed by atoms with Crippen molar-refractivity contribution in [1.82, 2.24) is 5.32 Å². The summed E-state index contributed by atoms with van der Waals surface area (Å²) < 4.78 is 26.1. The highest BCUT2D eigenvalue weighted by Gasteiger charge is 2.13. The summed E-state index contributed by atoms with van der Waals surface area (Å²) >= 11 is 0. The summed E-state index contributed by atoms with van der Waals surface area (Å²) in [5.41, 5.74) is 3.14. The van der Waals surface area contributed by atoms with Gasteiger partial charge in [0.1, 0.15) is 0 Å². The second-order valence-electron chi connectivity index (χ2n) is 4.65. The van der Waals surface area contributed by atoms with Crippen LogP contribution in [0.5, 0.6) is 0 Å². The third kappa shape index (κ3) is 3.18. The molecule has 0 aliphatic rings. The Hall–Kier alpha value is -1.74. The third-order valence-electron chi connectivity index (χ3n) is 3.34. The van der Waals surface area contributed by atoms with E-state index in [1.165, 1.54) is 23.3 Å². The predicted octanol–water partition coefficient (Wildman–Crippen LogP) is 3.78. The van der Waals surface area contributed by atoms with Crippen molar-refractivity contribution in [2.75, 3.05) is 7.05 Å². The lowest BCUT2D eigenvalue weighted by atomic mass is 9.95. The van der Waals surface area contributed by atoms with Gasteiger partial charge in [-0.2, -0.15) is 0 Å². The van der Waals surface area contributed by atoms with Crippen LogP contribution in [0.15, 0.2) is 42.5 Å². The van der Waals surface area contributed by atoms with E-state index < -0.39 is 11.6 Å². The molecule has 0 fully saturated rings. The van der Waals surface area contributed by atoms with Gasteiger partial charge in [0.2, 0.25) is 0 Å². The zero-order valence-electron chi connectivity index (χ0n) is 11.1. The average molecular weight is 261 g/mol. The molecule has 0 saturated heterocycles. The topological polar surface area (TPSA) is 12.0 Å². The van der Waals surface area contributed by atoms with E-state index in [1.807, 2.05) is 32.2 Å². The zero-order chi connectivity index (χ0) is 13.8. The molecule has 2 aromatic carbocycles. The van der Waals surface area contributed by atoms with Gasteiger partial charge in [0.25, 0.3) is 0 Å². The van der Waals surface area contributed by atoms with Crippen LogP contribution >= 0.6 is 0 Å². The molecule has 0 heterocycles. The number of nitrogens with one attached hydrogen (secondary N) is 1. The minimum Gasteiger partial charge on any atom is -0.313 e. The van der Waals surface area contributed by atoms with Crippen LogP contribution in [-0.2, 0) is 6.42 Å². The number of likely N-dealkylation sites (N-methyl/N-ethyl adjacent to an activating group) is 1. The van der Waals surface area contributed by atoms with Gasteiger partial charge in [-0.25, -0.2) is 8.78 Å². The highest BCUT2D eigenvalue weighted by Crippen LogP contribution is 2.22. The maximum atomic E-state index is 13.2. The van der Waals surface area contributed by atoms with Gasteiger partial charge in [0.05, 0.1) is 0 Å². The minimum absolute atomic E-state index is 0.0889. The van der Waals surface area contributed by atoms with Crippen molar-refractivity contribution in [3.63, 3.8) is 0 Å². The van der Waals surface area contributed by atoms with Crippen LogP contribution in [0.1, 0.15) is 22.7 Å². The molecule has 2 rings (SSSR count). The Morgan fingerprint density at radius 2 is 1.79 bits per heavy atom. The van der Waals surface area contributed by atoms with Crippen molar-refractivity contribution in [2.45, 2.75) is 19.4 Å². The molecule has 1 nitrogen and oxygen atoms in total. The van der Waals surface area contributed by atoms with Crippen molar-refractivity contribution in [2.24, 2.45) is 0 Å². The number of hydrogen-bond donors (Lipinski definition) is 1. The molecule has 0 amide bonds. The number of halogens is 2. The van der Waals surface area contributed by atoms with E-state index in [9.17, 15) is 8.78 Å². The van der Waals surface area contributed by atoms with Gasteiger partial charge in [-0.3, -0.25) is 0 Å². The summed E-state index contributed by atoms with van der Waals surface area (Å²) in [7, 11) is 1.87. The number of benzene rings is 2. The molecule has 0 aliphatic carbocycles. The van der Waals surface area contributed by atoms with Crippen LogP contribution in [0.4, 0.5) is 8.78 Å². The fraction of sp³-hybridized carbons (Fsp3) is 0.250. The molecule has 1 atom stereocenters. The molecule has 100 valence electrons. The van der Waals surface area contributed by atoms with E-state index in [1.54, 1.807) is 6.07 Å². The van der Waals surface area contributed by atoms with Crippen molar-refractivity contribution >= 4 is 0 Å². The Morgan fingerprint density at radius 3 is 2.42 bits per heavy atom. The van der Waals surface area contributed by atoms with Gasteiger partial charge in [-0.05, 0) is 49.2 Å². The van der Waals surface area contributed by atoms with Crippen molar-refractivity contribution in [3.8, 4) is 0 Å². The van der Waals surface area contributed by atoms with Gasteiger partial charge in [0.15, 0.2) is 11.6 Å². The second kappa shape index (κ2) is 5.93. The molecule has 1 unspecified atom stereocenters. The maximum absolute atomic E-state index is 13.2. The van der Waals surface area contributed by atoms with Crippen molar-refractivity contribution in [3.05, 3.63) is 70.8 Å². The molecule has 0 radical (unpaired) electrons. The Balaban J connectivity index is 2.24. The van der Waals surface area contributed by atoms with Gasteiger partial charge >= 0.3 is 0 Å². The van der Waals surface area contributed by atoms with Crippen LogP contribution < -0.4 is 5.32 Å². The first-order chi connectivity index (χ1) is 9.11. The minimum atomic E-state index is -0.805. The number of aryl methyl sites for hydroxylation is 1. The second-order valence-corrected chi connectivity index (χ2v) is 4.65. The molecule has 0 aromatic heterocycles. The first kappa shape index (κ1) is 13.7. The van der Waals surface area contributed by atoms with Crippen LogP contribution in [0, 0.1) is 18.6 Å². The SMILES string of the molecule is CNC(Cc1ccc(F)c(F)c1)c1ccccc1C. The van der Waals surface area contributed by atoms with Gasteiger partial charge < -0.3 is 5.32 Å². The number of rotatable bonds is 4. The van der Waals surface area contributed by atoms with E-state index in [0.717, 1.165) is 5.56 Å². The van der Waals surface area contributed by atoms with E-state index in [2.05, 4.69) is 11.4 Å². The lowest BCUT2D eigenvalue weighted by Gasteiger charge is -2.19. The molecular formula is C16H17F2N. The highest BCUT2D eigenvalue weighted by molar-refractivity contribution is 5.31. The molecule has 0 bridgehead atoms. The fourth-order valence-electron chi connectivity index (χ4n) is 2.25. The van der Waals surface area contributed by atoms with Gasteiger partial charge in [0, 0.05) is 6.04 Å². The molecule has 0 saturated carbocycles. The van der Waals surface area contributed by atoms with E-state index in [-0.39, 0.29) is 6.04 Å². The van der Waals surface area contributed by atoms with Gasteiger partial charge in [-0.1, -0.05) is 30.3 Å². The van der Waals surface area contributed by atoms with Crippen LogP contribution in [-0.4, -0.2) is 7.05 Å². The lowest BCUT2D eigenvalue weighted by Crippen LogP contribution is -2.19. The Labute approximate surface area is 112 Å². The van der Waals surface area contributed by atoms with Crippen LogP contribution in [0.25, 0.3) is 0 Å². The first-order valence-electron chi connectivity index (χ1n) is 6.28. The molecule has 0 spiro atoms. The molecule has 0 aliphatic heterocycles. The van der Waals surface area contributed by atoms with Crippen molar-refractivity contribution in [1.29, 1.82) is 0 Å². The van der Waals surface area contributed by atoms with Crippen LogP contribution in [0.2, 0.25) is 0 Å². The Bertz CT molecular complexity index is 566. The summed E-state index contributed by atoms with van der Waals surface area (Å²) in [5, 5.41) is 3.23. The zero-order valence-corrected chi connectivity index (χ0v) is 11.1. The molecule has 19 heavy (non-hydrogen) atoms. The van der Waals surface area contributed by atoms with E-state index >= 15 is 0 Å². The largest absolute Gasteiger partial charge is 0.313 e. The Morgan fingerprint density at radius 1 is 1.05 bits per heavy atom. The fourth-order valence-corrected chi connectivity index (χ4v) is 2.25. The number of hydrogen-bond acceptors (Lipinski definition) is 1. The normalized spacial score (nSPS) is 12.4. The average Bonchev–Trinajstić information content (AvgIpc) is 2.41. The van der Waals surface area contributed by atoms with Crippen LogP contribution in [0.3, 0.4) is 0 Å². The molecule has 3 heteroatoms. The lowest BCUT2D eigenvalue weighted by molar-refractivity contribution is 0.504. The summed E-state index contributed by atoms with van der Waals surface area (Å²) in [6.45, 7) is 2.05. The summed E-state index contributed by atoms with van der Waals surface area (Å²) in [4.78, 5) is 0. The highest BCUT2D eigenvalue weighted by atomic mass is 19.2. The summed E-state index contributed by atoms with van der Waals surface area (Å²) in [6, 6.07) is 12.2. The Kier molecular flexibility index (Phi) is 4.27. The van der Waals surface area contributed by atoms with E-state index in [4.69, 9.17) is 0 Å². The standard InChI is InChI=1S/C16H17F2N/c1-11-5-3-4-6-13(11)16(19-2)10-12-7-8-14(17)15(18)9-12/h3-9,16,19H,10H2,1-2H3. The smallest absolute Gasteiger partial charge is 0.159 e. The predicted molar refractivity (Wildman–Crippen MR) is 73.0 cm³/mol. The first-order valence-corrected chi connectivity index (χ1v) is 6.28. The van der Waals surface area contributed by atoms with E-state index in [0.29, 0.717) is 6.42 Å². The molecule has 2 aromatic rings. The quantitative estimate of drug-likeness (QED) is 0.883. The molecular weight excluding hydrogens is 244 g/mol. The van der Waals surface area contributed by atoms with Crippen molar-refractivity contribution < 1.29 is 8.78 Å². The summed E-state index contributed by atoms with van der Waals surface area (Å²) in [6.07, 6.45) is 0.624. The third-order valence-corrected chi connectivity index (χ3v) is 3.34. The molecule has 1 N–H and O–H groups in total. The summed E-state index contributed by atoms with van der Waals surface area (Å²) in [5.74, 6) is -1.60.